The number of piperazine rings is 1. The summed E-state index contributed by atoms with van der Waals surface area (Å²) in [6.07, 6.45) is -0.391. The number of amides is 3. The maximum absolute atomic E-state index is 12.1. The minimum absolute atomic E-state index is 0.306. The molecule has 1 aromatic heterocycles. The van der Waals surface area contributed by atoms with Crippen molar-refractivity contribution in [3.63, 3.8) is 0 Å². The molecule has 1 saturated heterocycles. The van der Waals surface area contributed by atoms with E-state index in [1.807, 2.05) is 17.5 Å². The summed E-state index contributed by atoms with van der Waals surface area (Å²) in [6, 6.07) is 2.40. The van der Waals surface area contributed by atoms with Crippen LogP contribution in [0.15, 0.2) is 17.5 Å². The number of carbonyl (C=O) groups excluding carboxylic acids is 2. The molecule has 1 atom stereocenters. The number of thiophene rings is 1. The number of carbonyl (C=O) groups is 3. The highest BCUT2D eigenvalue weighted by atomic mass is 32.1. The Morgan fingerprint density at radius 3 is 3.00 bits per heavy atom. The van der Waals surface area contributed by atoms with E-state index in [9.17, 15) is 14.4 Å². The van der Waals surface area contributed by atoms with Gasteiger partial charge in [-0.1, -0.05) is 6.07 Å². The predicted octanol–water partition coefficient (Wildman–Crippen LogP) is 0.233. The summed E-state index contributed by atoms with van der Waals surface area (Å²) in [4.78, 5) is 36.8. The average molecular weight is 297 g/mol. The van der Waals surface area contributed by atoms with Gasteiger partial charge in [-0.05, 0) is 11.4 Å². The smallest absolute Gasteiger partial charge is 0.318 e. The Hall–Kier alpha value is -2.09. The molecule has 7 nitrogen and oxygen atoms in total. The quantitative estimate of drug-likeness (QED) is 0.741. The van der Waals surface area contributed by atoms with E-state index in [-0.39, 0.29) is 0 Å². The van der Waals surface area contributed by atoms with Crippen LogP contribution in [0.1, 0.15) is 11.3 Å². The van der Waals surface area contributed by atoms with E-state index in [1.54, 1.807) is 0 Å². The molecule has 0 aliphatic carbocycles. The summed E-state index contributed by atoms with van der Waals surface area (Å²) in [5.41, 5.74) is 0. The molecule has 3 amide bonds. The number of hydrogen-bond acceptors (Lipinski definition) is 4. The lowest BCUT2D eigenvalue weighted by Gasteiger charge is -2.34. The minimum Gasteiger partial charge on any atom is -0.481 e. The van der Waals surface area contributed by atoms with Gasteiger partial charge in [0.05, 0.1) is 13.0 Å². The van der Waals surface area contributed by atoms with Gasteiger partial charge in [0.2, 0.25) is 5.91 Å². The molecule has 1 aliphatic heterocycles. The first kappa shape index (κ1) is 14.3. The molecule has 8 heteroatoms. The summed E-state index contributed by atoms with van der Waals surface area (Å²) in [6.45, 7) is 1.01. The average Bonchev–Trinajstić information content (AvgIpc) is 2.91. The standard InChI is InChI=1S/C12H15N3O4S/c16-10(17)6-9-11(18)13-3-4-15(9)12(19)14-7-8-2-1-5-20-8/h1-2,5,9H,3-4,6-7H2,(H,13,18)(H,14,19)(H,16,17). The highest BCUT2D eigenvalue weighted by Gasteiger charge is 2.34. The van der Waals surface area contributed by atoms with Gasteiger partial charge in [-0.25, -0.2) is 4.79 Å². The maximum Gasteiger partial charge on any atom is 0.318 e. The fraction of sp³-hybridized carbons (Fsp3) is 0.417. The number of nitrogens with one attached hydrogen (secondary N) is 2. The van der Waals surface area contributed by atoms with Gasteiger partial charge in [0, 0.05) is 18.0 Å². The third-order valence-electron chi connectivity index (χ3n) is 2.95. The number of carboxylic acids is 1. The van der Waals surface area contributed by atoms with Gasteiger partial charge in [0.25, 0.3) is 0 Å². The molecule has 2 heterocycles. The van der Waals surface area contributed by atoms with E-state index in [1.165, 1.54) is 16.2 Å². The molecule has 1 aliphatic rings. The SMILES string of the molecule is O=C(O)CC1C(=O)NCCN1C(=O)NCc1cccs1. The van der Waals surface area contributed by atoms with Crippen molar-refractivity contribution in [2.75, 3.05) is 13.1 Å². The van der Waals surface area contributed by atoms with Gasteiger partial charge in [-0.3, -0.25) is 9.59 Å². The van der Waals surface area contributed by atoms with Crippen LogP contribution in [0.25, 0.3) is 0 Å². The van der Waals surface area contributed by atoms with E-state index < -0.39 is 30.4 Å². The minimum atomic E-state index is -1.11. The second-order valence-corrected chi connectivity index (χ2v) is 5.37. The molecule has 3 N–H and O–H groups in total. The number of rotatable bonds is 4. The highest BCUT2D eigenvalue weighted by molar-refractivity contribution is 7.09. The summed E-state index contributed by atoms with van der Waals surface area (Å²) in [5, 5.41) is 16.0. The molecule has 1 aromatic rings. The number of nitrogens with zero attached hydrogens (tertiary/aromatic N) is 1. The first-order valence-corrected chi connectivity index (χ1v) is 7.02. The molecule has 1 unspecified atom stereocenters. The van der Waals surface area contributed by atoms with Crippen molar-refractivity contribution in [1.82, 2.24) is 15.5 Å². The number of urea groups is 1. The second kappa shape index (κ2) is 6.38. The van der Waals surface area contributed by atoms with Crippen molar-refractivity contribution in [3.8, 4) is 0 Å². The van der Waals surface area contributed by atoms with Gasteiger partial charge in [0.15, 0.2) is 0 Å². The van der Waals surface area contributed by atoms with E-state index in [4.69, 9.17) is 5.11 Å². The number of hydrogen-bond donors (Lipinski definition) is 3. The Kier molecular flexibility index (Phi) is 4.57. The van der Waals surface area contributed by atoms with Crippen LogP contribution in [0.4, 0.5) is 4.79 Å². The second-order valence-electron chi connectivity index (χ2n) is 4.34. The Morgan fingerprint density at radius 1 is 1.55 bits per heavy atom. The monoisotopic (exact) mass is 297 g/mol. The molecule has 1 fully saturated rings. The number of aliphatic carboxylic acids is 1. The predicted molar refractivity (Wildman–Crippen MR) is 72.3 cm³/mol. The molecule has 2 rings (SSSR count). The zero-order valence-corrected chi connectivity index (χ0v) is 11.5. The van der Waals surface area contributed by atoms with Crippen LogP contribution in [-0.4, -0.2) is 47.0 Å². The molecule has 0 saturated carbocycles. The third-order valence-corrected chi connectivity index (χ3v) is 3.83. The van der Waals surface area contributed by atoms with E-state index in [0.29, 0.717) is 19.6 Å². The molecule has 0 spiro atoms. The van der Waals surface area contributed by atoms with Crippen LogP contribution in [-0.2, 0) is 16.1 Å². The fourth-order valence-electron chi connectivity index (χ4n) is 2.00. The van der Waals surface area contributed by atoms with Crippen molar-refractivity contribution >= 4 is 29.2 Å². The van der Waals surface area contributed by atoms with Crippen LogP contribution in [0.5, 0.6) is 0 Å². The molecule has 0 aromatic carbocycles. The third kappa shape index (κ3) is 3.47. The van der Waals surface area contributed by atoms with Gasteiger partial charge < -0.3 is 20.6 Å². The van der Waals surface area contributed by atoms with Crippen molar-refractivity contribution in [3.05, 3.63) is 22.4 Å². The lowest BCUT2D eigenvalue weighted by molar-refractivity contribution is -0.142. The van der Waals surface area contributed by atoms with Gasteiger partial charge in [0.1, 0.15) is 6.04 Å². The molecule has 20 heavy (non-hydrogen) atoms. The van der Waals surface area contributed by atoms with Crippen molar-refractivity contribution < 1.29 is 19.5 Å². The largest absolute Gasteiger partial charge is 0.481 e. The molecule has 0 bridgehead atoms. The molecular formula is C12H15N3O4S. The summed E-state index contributed by atoms with van der Waals surface area (Å²) in [5.74, 6) is -1.53. The molecule has 0 radical (unpaired) electrons. The first-order chi connectivity index (χ1) is 9.58. The molecule has 108 valence electrons. The fourth-order valence-corrected chi connectivity index (χ4v) is 2.65. The van der Waals surface area contributed by atoms with E-state index >= 15 is 0 Å². The summed E-state index contributed by atoms with van der Waals surface area (Å²) < 4.78 is 0. The highest BCUT2D eigenvalue weighted by Crippen LogP contribution is 2.11. The van der Waals surface area contributed by atoms with Gasteiger partial charge in [-0.2, -0.15) is 0 Å². The Balaban J connectivity index is 1.97. The van der Waals surface area contributed by atoms with E-state index in [0.717, 1.165) is 4.88 Å². The number of carboxylic acid groups (broad SMARTS) is 1. The topological polar surface area (TPSA) is 98.7 Å². The van der Waals surface area contributed by atoms with Gasteiger partial charge in [-0.15, -0.1) is 11.3 Å². The molecular weight excluding hydrogens is 282 g/mol. The van der Waals surface area contributed by atoms with Crippen LogP contribution in [0.2, 0.25) is 0 Å². The van der Waals surface area contributed by atoms with Crippen LogP contribution >= 0.6 is 11.3 Å². The zero-order chi connectivity index (χ0) is 14.5. The Morgan fingerprint density at radius 2 is 2.35 bits per heavy atom. The Bertz CT molecular complexity index is 503. The van der Waals surface area contributed by atoms with E-state index in [2.05, 4.69) is 10.6 Å². The Labute approximate surface area is 119 Å². The zero-order valence-electron chi connectivity index (χ0n) is 10.7. The van der Waals surface area contributed by atoms with Crippen LogP contribution < -0.4 is 10.6 Å². The summed E-state index contributed by atoms with van der Waals surface area (Å²) in [7, 11) is 0. The van der Waals surface area contributed by atoms with Crippen molar-refractivity contribution in [2.45, 2.75) is 19.0 Å². The lowest BCUT2D eigenvalue weighted by Crippen LogP contribution is -2.59. The van der Waals surface area contributed by atoms with Crippen molar-refractivity contribution in [2.24, 2.45) is 0 Å². The van der Waals surface area contributed by atoms with Crippen LogP contribution in [0, 0.1) is 0 Å². The summed E-state index contributed by atoms with van der Waals surface area (Å²) >= 11 is 1.52. The van der Waals surface area contributed by atoms with Crippen LogP contribution in [0.3, 0.4) is 0 Å². The maximum atomic E-state index is 12.1. The first-order valence-electron chi connectivity index (χ1n) is 6.14. The normalized spacial score (nSPS) is 18.5. The van der Waals surface area contributed by atoms with Crippen molar-refractivity contribution in [1.29, 1.82) is 0 Å². The van der Waals surface area contributed by atoms with Gasteiger partial charge >= 0.3 is 12.0 Å². The lowest BCUT2D eigenvalue weighted by atomic mass is 10.1.